The van der Waals surface area contributed by atoms with Gasteiger partial charge in [-0.3, -0.25) is 9.59 Å². The number of nitrogens with zero attached hydrogens (tertiary/aromatic N) is 5. The van der Waals surface area contributed by atoms with Gasteiger partial charge in [0.15, 0.2) is 11.6 Å². The Kier molecular flexibility index (Phi) is 5.18. The van der Waals surface area contributed by atoms with Gasteiger partial charge in [0.1, 0.15) is 17.0 Å². The van der Waals surface area contributed by atoms with E-state index in [1.807, 2.05) is 33.0 Å². The lowest BCUT2D eigenvalue weighted by Crippen LogP contribution is -2.20. The molecule has 3 heterocycles. The van der Waals surface area contributed by atoms with Crippen molar-refractivity contribution < 1.29 is 14.3 Å². The van der Waals surface area contributed by atoms with E-state index in [0.29, 0.717) is 30.2 Å². The van der Waals surface area contributed by atoms with Gasteiger partial charge in [-0.1, -0.05) is 32.1 Å². The molecule has 0 bridgehead atoms. The minimum Gasteiger partial charge on any atom is -0.383 e. The fourth-order valence-corrected chi connectivity index (χ4v) is 2.63. The molecule has 0 aromatic carbocycles. The molecule has 0 saturated carbocycles. The number of rotatable bonds is 7. The molecule has 0 amide bonds. The second kappa shape index (κ2) is 7.40. The van der Waals surface area contributed by atoms with Crippen molar-refractivity contribution in [3.63, 3.8) is 0 Å². The van der Waals surface area contributed by atoms with Gasteiger partial charge in [0.2, 0.25) is 0 Å². The second-order valence-electron chi connectivity index (χ2n) is 7.47. The van der Waals surface area contributed by atoms with Crippen LogP contribution in [0.5, 0.6) is 0 Å². The third-order valence-electron chi connectivity index (χ3n) is 4.14. The van der Waals surface area contributed by atoms with E-state index in [2.05, 4.69) is 15.3 Å². The van der Waals surface area contributed by atoms with Crippen LogP contribution >= 0.6 is 0 Å². The molecule has 0 atom stereocenters. The van der Waals surface area contributed by atoms with Crippen molar-refractivity contribution in [3.05, 3.63) is 47.7 Å². The number of hydrogen-bond acceptors (Lipinski definition) is 6. The van der Waals surface area contributed by atoms with Crippen LogP contribution in [0.3, 0.4) is 0 Å². The number of methoxy groups -OCH3 is 1. The molecule has 0 spiro atoms. The first-order chi connectivity index (χ1) is 12.8. The summed E-state index contributed by atoms with van der Waals surface area (Å²) >= 11 is 0. The summed E-state index contributed by atoms with van der Waals surface area (Å²) in [5.41, 5.74) is 1.73. The average molecular weight is 369 g/mol. The van der Waals surface area contributed by atoms with Crippen molar-refractivity contribution in [2.24, 2.45) is 5.41 Å². The summed E-state index contributed by atoms with van der Waals surface area (Å²) in [6.07, 6.45) is 5.34. The predicted octanol–water partition coefficient (Wildman–Crippen LogP) is 2.23. The lowest BCUT2D eigenvalue weighted by Gasteiger charge is -2.13. The Morgan fingerprint density at radius 3 is 2.59 bits per heavy atom. The molecule has 0 aliphatic rings. The zero-order valence-electron chi connectivity index (χ0n) is 16.0. The van der Waals surface area contributed by atoms with Gasteiger partial charge in [-0.2, -0.15) is 0 Å². The summed E-state index contributed by atoms with van der Waals surface area (Å²) in [6.45, 7) is 6.64. The molecule has 0 saturated heterocycles. The molecule has 0 aliphatic carbocycles. The summed E-state index contributed by atoms with van der Waals surface area (Å²) in [5.74, 6) is -0.138. The van der Waals surface area contributed by atoms with Crippen LogP contribution in [0, 0.1) is 5.41 Å². The molecule has 142 valence electrons. The molecule has 3 rings (SSSR count). The number of ether oxygens (including phenoxy) is 1. The monoisotopic (exact) mass is 369 g/mol. The van der Waals surface area contributed by atoms with Gasteiger partial charge in [0.25, 0.3) is 0 Å². The van der Waals surface area contributed by atoms with Crippen molar-refractivity contribution in [3.8, 4) is 0 Å². The van der Waals surface area contributed by atoms with Crippen LogP contribution < -0.4 is 0 Å². The van der Waals surface area contributed by atoms with E-state index < -0.39 is 5.41 Å². The van der Waals surface area contributed by atoms with E-state index in [0.717, 1.165) is 5.56 Å². The molecule has 0 radical (unpaired) electrons. The zero-order valence-corrected chi connectivity index (χ0v) is 16.0. The highest BCUT2D eigenvalue weighted by Gasteiger charge is 2.25. The minimum absolute atomic E-state index is 0.0171. The largest absolute Gasteiger partial charge is 0.383 e. The quantitative estimate of drug-likeness (QED) is 0.593. The standard InChI is InChI=1S/C19H23N5O3/c1-19(2,3)18(26)15-11-23-10-13(5-6-17(23)20-15)9-16(25)14-12-24(22-21-14)7-8-27-4/h5-6,10-12H,7-9H2,1-4H3. The number of Topliss-reactive ketones (excluding diaryl/α,β-unsaturated/α-hetero) is 2. The Balaban J connectivity index is 1.76. The van der Waals surface area contributed by atoms with Crippen LogP contribution in [-0.4, -0.2) is 49.7 Å². The Bertz CT molecular complexity index is 981. The maximum absolute atomic E-state index is 12.5. The van der Waals surface area contributed by atoms with Gasteiger partial charge < -0.3 is 9.14 Å². The first kappa shape index (κ1) is 18.9. The Morgan fingerprint density at radius 1 is 1.11 bits per heavy atom. The summed E-state index contributed by atoms with van der Waals surface area (Å²) in [7, 11) is 1.61. The normalized spacial score (nSPS) is 11.9. The van der Waals surface area contributed by atoms with Crippen LogP contribution in [0.4, 0.5) is 0 Å². The lowest BCUT2D eigenvalue weighted by molar-refractivity contribution is 0.0853. The number of carbonyl (C=O) groups excluding carboxylic acids is 2. The van der Waals surface area contributed by atoms with Crippen molar-refractivity contribution in [2.75, 3.05) is 13.7 Å². The van der Waals surface area contributed by atoms with Crippen molar-refractivity contribution in [1.82, 2.24) is 24.4 Å². The molecule has 0 N–H and O–H groups in total. The SMILES string of the molecule is COCCn1cc(C(=O)Cc2ccc3nc(C(=O)C(C)(C)C)cn3c2)nn1. The molecule has 3 aromatic rings. The highest BCUT2D eigenvalue weighted by atomic mass is 16.5. The summed E-state index contributed by atoms with van der Waals surface area (Å²) in [5, 5.41) is 7.85. The molecule has 27 heavy (non-hydrogen) atoms. The fraction of sp³-hybridized carbons (Fsp3) is 0.421. The van der Waals surface area contributed by atoms with E-state index in [1.54, 1.807) is 34.7 Å². The number of carbonyl (C=O) groups is 2. The van der Waals surface area contributed by atoms with E-state index in [-0.39, 0.29) is 18.0 Å². The molecule has 8 heteroatoms. The van der Waals surface area contributed by atoms with Crippen LogP contribution in [0.25, 0.3) is 5.65 Å². The van der Waals surface area contributed by atoms with Gasteiger partial charge >= 0.3 is 0 Å². The zero-order chi connectivity index (χ0) is 19.6. The first-order valence-corrected chi connectivity index (χ1v) is 8.72. The third kappa shape index (κ3) is 4.28. The molecule has 0 aliphatic heterocycles. The first-order valence-electron chi connectivity index (χ1n) is 8.72. The average Bonchev–Trinajstić information content (AvgIpc) is 3.24. The number of aromatic nitrogens is 5. The maximum atomic E-state index is 12.5. The van der Waals surface area contributed by atoms with Gasteiger partial charge in [0.05, 0.1) is 19.3 Å². The molecule has 3 aromatic heterocycles. The Hall–Kier alpha value is -2.87. The summed E-state index contributed by atoms with van der Waals surface area (Å²) in [4.78, 5) is 29.2. The van der Waals surface area contributed by atoms with E-state index in [9.17, 15) is 9.59 Å². The number of hydrogen-bond donors (Lipinski definition) is 0. The Morgan fingerprint density at radius 2 is 1.89 bits per heavy atom. The fourth-order valence-electron chi connectivity index (χ4n) is 2.63. The summed E-state index contributed by atoms with van der Waals surface area (Å²) < 4.78 is 8.34. The smallest absolute Gasteiger partial charge is 0.189 e. The Labute approximate surface area is 157 Å². The molecular weight excluding hydrogens is 346 g/mol. The highest BCUT2D eigenvalue weighted by Crippen LogP contribution is 2.21. The van der Waals surface area contributed by atoms with Gasteiger partial charge in [-0.15, -0.1) is 5.10 Å². The predicted molar refractivity (Wildman–Crippen MR) is 98.9 cm³/mol. The molecule has 0 fully saturated rings. The van der Waals surface area contributed by atoms with Crippen molar-refractivity contribution in [1.29, 1.82) is 0 Å². The molecule has 0 unspecified atom stereocenters. The topological polar surface area (TPSA) is 91.4 Å². The van der Waals surface area contributed by atoms with Crippen molar-refractivity contribution >= 4 is 17.2 Å². The van der Waals surface area contributed by atoms with Crippen molar-refractivity contribution in [2.45, 2.75) is 33.7 Å². The van der Waals surface area contributed by atoms with Crippen LogP contribution in [0.15, 0.2) is 30.7 Å². The van der Waals surface area contributed by atoms with Gasteiger partial charge in [-0.25, -0.2) is 9.67 Å². The van der Waals surface area contributed by atoms with Gasteiger partial charge in [0, 0.05) is 31.3 Å². The lowest BCUT2D eigenvalue weighted by atomic mass is 9.89. The number of ketones is 2. The second-order valence-corrected chi connectivity index (χ2v) is 7.47. The third-order valence-corrected chi connectivity index (χ3v) is 4.14. The highest BCUT2D eigenvalue weighted by molar-refractivity contribution is 5.98. The molecule has 8 nitrogen and oxygen atoms in total. The molecular formula is C19H23N5O3. The minimum atomic E-state index is -0.495. The number of fused-ring (bicyclic) bond motifs is 1. The van der Waals surface area contributed by atoms with E-state index >= 15 is 0 Å². The summed E-state index contributed by atoms with van der Waals surface area (Å²) in [6, 6.07) is 3.64. The van der Waals surface area contributed by atoms with E-state index in [1.165, 1.54) is 0 Å². The van der Waals surface area contributed by atoms with E-state index in [4.69, 9.17) is 4.74 Å². The maximum Gasteiger partial charge on any atom is 0.189 e. The number of pyridine rings is 1. The number of imidazole rings is 1. The van der Waals surface area contributed by atoms with Crippen LogP contribution in [0.1, 0.15) is 47.3 Å². The van der Waals surface area contributed by atoms with Gasteiger partial charge in [-0.05, 0) is 11.6 Å². The van der Waals surface area contributed by atoms with Crippen LogP contribution in [0.2, 0.25) is 0 Å². The van der Waals surface area contributed by atoms with Crippen LogP contribution in [-0.2, 0) is 17.7 Å².